The van der Waals surface area contributed by atoms with Gasteiger partial charge in [-0.25, -0.2) is 0 Å². The maximum absolute atomic E-state index is 9.26. The average Bonchev–Trinajstić information content (AvgIpc) is 1.41. The Balaban J connectivity index is 2.92. The Hall–Kier alpha value is -0.465. The van der Waals surface area contributed by atoms with Gasteiger partial charge in [0, 0.05) is 0 Å². The Morgan fingerprint density at radius 1 is 2.00 bits per heavy atom. The minimum absolute atomic E-state index is 0.639. The van der Waals surface area contributed by atoms with Gasteiger partial charge in [0.25, 0.3) is 0 Å². The van der Waals surface area contributed by atoms with Crippen LogP contribution in [0.5, 0.6) is 0 Å². The molecule has 2 nitrogen and oxygen atoms in total. The van der Waals surface area contributed by atoms with E-state index in [-0.39, 0.29) is 0 Å². The van der Waals surface area contributed by atoms with Crippen LogP contribution in [0.25, 0.3) is 0 Å². The normalized spacial score (nSPS) is 8.20. The second-order valence-corrected chi connectivity index (χ2v) is 0.543. The van der Waals surface area contributed by atoms with Crippen molar-refractivity contribution in [1.82, 2.24) is 0 Å². The van der Waals surface area contributed by atoms with Gasteiger partial charge in [-0.1, -0.05) is 0 Å². The SMILES string of the molecule is CN=CB=O. The van der Waals surface area contributed by atoms with Crippen LogP contribution in [0.1, 0.15) is 0 Å². The predicted molar refractivity (Wildman–Crippen MR) is 20.9 cm³/mol. The summed E-state index contributed by atoms with van der Waals surface area (Å²) in [6.45, 7) is 0. The van der Waals surface area contributed by atoms with Crippen molar-refractivity contribution in [1.29, 1.82) is 0 Å². The third-order valence-corrected chi connectivity index (χ3v) is 0.210. The van der Waals surface area contributed by atoms with Crippen LogP contribution < -0.4 is 0 Å². The molecule has 0 aliphatic rings. The van der Waals surface area contributed by atoms with E-state index in [0.717, 1.165) is 0 Å². The van der Waals surface area contributed by atoms with E-state index in [4.69, 9.17) is 0 Å². The van der Waals surface area contributed by atoms with Crippen molar-refractivity contribution < 1.29 is 4.70 Å². The van der Waals surface area contributed by atoms with Crippen molar-refractivity contribution in [3.8, 4) is 0 Å². The summed E-state index contributed by atoms with van der Waals surface area (Å²) in [6.07, 6.45) is 1.19. The molecule has 0 saturated carbocycles. The quantitative estimate of drug-likeness (QED) is 0.307. The topological polar surface area (TPSA) is 29.4 Å². The Labute approximate surface area is 31.2 Å². The number of hydrogen-bond donors (Lipinski definition) is 0. The fourth-order valence-electron chi connectivity index (χ4n) is 0.0609. The predicted octanol–water partition coefficient (Wildman–Crippen LogP) is -0.306. The standard InChI is InChI=1S/C2H4BNO/c1-4-2-3-5/h2H,1H3. The summed E-state index contributed by atoms with van der Waals surface area (Å²) >= 11 is 0. The van der Waals surface area contributed by atoms with Crippen molar-refractivity contribution in [3.63, 3.8) is 0 Å². The molecule has 0 aromatic heterocycles. The molecule has 0 atom stereocenters. The molecule has 0 aromatic carbocycles. The molecule has 0 amide bonds. The molecule has 0 bridgehead atoms. The van der Waals surface area contributed by atoms with Crippen LogP contribution in [-0.2, 0) is 4.70 Å². The first-order chi connectivity index (χ1) is 2.41. The molecule has 0 fully saturated rings. The number of rotatable bonds is 1. The molecule has 26 valence electrons. The van der Waals surface area contributed by atoms with E-state index in [1.54, 1.807) is 7.05 Å². The summed E-state index contributed by atoms with van der Waals surface area (Å²) < 4.78 is 9.26. The molecule has 0 saturated heterocycles. The molecule has 0 rings (SSSR count). The zero-order valence-corrected chi connectivity index (χ0v) is 3.01. The van der Waals surface area contributed by atoms with Crippen LogP contribution in [0.15, 0.2) is 4.99 Å². The Bertz CT molecular complexity index is 51.6. The van der Waals surface area contributed by atoms with Crippen molar-refractivity contribution in [2.45, 2.75) is 0 Å². The van der Waals surface area contributed by atoms with E-state index in [1.165, 1.54) is 6.11 Å². The van der Waals surface area contributed by atoms with Gasteiger partial charge in [0.05, 0.1) is 0 Å². The minimum atomic E-state index is 0.639. The first-order valence-electron chi connectivity index (χ1n) is 1.27. The zero-order valence-electron chi connectivity index (χ0n) is 3.01. The third kappa shape index (κ3) is 3.53. The van der Waals surface area contributed by atoms with Gasteiger partial charge in [-0.15, -0.1) is 0 Å². The molecular formula is C2H4BNO. The summed E-state index contributed by atoms with van der Waals surface area (Å²) in [4.78, 5) is 3.36. The summed E-state index contributed by atoms with van der Waals surface area (Å²) in [5.74, 6) is 0. The molecule has 3 heteroatoms. The molecule has 5 heavy (non-hydrogen) atoms. The Morgan fingerprint density at radius 2 is 2.60 bits per heavy atom. The fraction of sp³-hybridized carbons (Fsp3) is 0.500. The molecule has 0 unspecified atom stereocenters. The molecular weight excluding hydrogens is 64.8 g/mol. The molecule has 0 N–H and O–H groups in total. The van der Waals surface area contributed by atoms with E-state index in [0.29, 0.717) is 7.15 Å². The van der Waals surface area contributed by atoms with Crippen molar-refractivity contribution in [2.75, 3.05) is 7.05 Å². The van der Waals surface area contributed by atoms with Crippen molar-refractivity contribution in [3.05, 3.63) is 0 Å². The molecule has 0 aliphatic heterocycles. The van der Waals surface area contributed by atoms with Crippen LogP contribution in [0, 0.1) is 0 Å². The van der Waals surface area contributed by atoms with Crippen LogP contribution in [0.4, 0.5) is 0 Å². The van der Waals surface area contributed by atoms with Gasteiger partial charge in [-0.05, 0) is 0 Å². The van der Waals surface area contributed by atoms with Gasteiger partial charge >= 0.3 is 30.0 Å². The van der Waals surface area contributed by atoms with Gasteiger partial charge < -0.3 is 0 Å². The number of hydrogen-bond acceptors (Lipinski definition) is 2. The molecule has 0 heterocycles. The summed E-state index contributed by atoms with van der Waals surface area (Å²) in [5, 5.41) is 0. The van der Waals surface area contributed by atoms with Crippen LogP contribution in [0.3, 0.4) is 0 Å². The summed E-state index contributed by atoms with van der Waals surface area (Å²) in [5.41, 5.74) is 0. The third-order valence-electron chi connectivity index (χ3n) is 0.210. The van der Waals surface area contributed by atoms with Crippen LogP contribution >= 0.6 is 0 Å². The van der Waals surface area contributed by atoms with Crippen LogP contribution in [-0.4, -0.2) is 20.3 Å². The van der Waals surface area contributed by atoms with Crippen molar-refractivity contribution in [2.24, 2.45) is 4.99 Å². The van der Waals surface area contributed by atoms with E-state index < -0.39 is 0 Å². The molecule has 0 spiro atoms. The van der Waals surface area contributed by atoms with Gasteiger partial charge in [0.2, 0.25) is 0 Å². The van der Waals surface area contributed by atoms with E-state index in [2.05, 4.69) is 4.99 Å². The van der Waals surface area contributed by atoms with Gasteiger partial charge in [-0.3, -0.25) is 0 Å². The monoisotopic (exact) mass is 69.0 g/mol. The van der Waals surface area contributed by atoms with Crippen molar-refractivity contribution >= 4 is 13.3 Å². The Kier molecular flexibility index (Phi) is 3.21. The molecule has 0 radical (unpaired) electrons. The van der Waals surface area contributed by atoms with Crippen LogP contribution in [0.2, 0.25) is 0 Å². The maximum atomic E-state index is 9.26. The molecule has 0 aromatic rings. The second kappa shape index (κ2) is 3.53. The first kappa shape index (κ1) is 4.53. The number of nitrogens with zero attached hydrogens (tertiary/aromatic N) is 1. The van der Waals surface area contributed by atoms with Gasteiger partial charge in [0.15, 0.2) is 0 Å². The molecule has 0 aliphatic carbocycles. The average molecular weight is 68.9 g/mol. The second-order valence-electron chi connectivity index (χ2n) is 0.543. The zero-order chi connectivity index (χ0) is 4.12. The number of aliphatic imine (C=N–C) groups is 1. The first-order valence-corrected chi connectivity index (χ1v) is 1.27. The van der Waals surface area contributed by atoms with E-state index in [1.807, 2.05) is 0 Å². The fourth-order valence-corrected chi connectivity index (χ4v) is 0.0609. The van der Waals surface area contributed by atoms with Gasteiger partial charge in [0.1, 0.15) is 0 Å². The van der Waals surface area contributed by atoms with E-state index in [9.17, 15) is 4.70 Å². The van der Waals surface area contributed by atoms with Gasteiger partial charge in [-0.2, -0.15) is 0 Å². The Morgan fingerprint density at radius 3 is 2.60 bits per heavy atom. The van der Waals surface area contributed by atoms with E-state index >= 15 is 0 Å². The summed E-state index contributed by atoms with van der Waals surface area (Å²) in [6, 6.07) is 0. The summed E-state index contributed by atoms with van der Waals surface area (Å²) in [7, 11) is 2.19.